The van der Waals surface area contributed by atoms with Gasteiger partial charge in [-0.2, -0.15) is 0 Å². The first-order valence-electron chi connectivity index (χ1n) is 7.81. The van der Waals surface area contributed by atoms with Gasteiger partial charge in [-0.1, -0.05) is 30.3 Å². The van der Waals surface area contributed by atoms with Gasteiger partial charge in [0.2, 0.25) is 0 Å². The van der Waals surface area contributed by atoms with E-state index in [9.17, 15) is 4.79 Å². The number of furan rings is 1. The van der Waals surface area contributed by atoms with Crippen LogP contribution in [0.5, 0.6) is 11.5 Å². The third kappa shape index (κ3) is 3.33. The molecule has 0 spiro atoms. The number of hydrogen-bond donors (Lipinski definition) is 0. The highest BCUT2D eigenvalue weighted by Gasteiger charge is 2.16. The van der Waals surface area contributed by atoms with Crippen molar-refractivity contribution < 1.29 is 18.7 Å². The largest absolute Gasteiger partial charge is 0.496 e. The molecule has 0 aliphatic heterocycles. The Labute approximate surface area is 146 Å². The lowest BCUT2D eigenvalue weighted by atomic mass is 10.0. The zero-order valence-electron chi connectivity index (χ0n) is 14.1. The summed E-state index contributed by atoms with van der Waals surface area (Å²) in [5.74, 6) is 2.64. The normalized spacial score (nSPS) is 11.2. The Morgan fingerprint density at radius 1 is 0.880 bits per heavy atom. The van der Waals surface area contributed by atoms with E-state index >= 15 is 0 Å². The molecule has 1 heterocycles. The molecule has 3 aromatic rings. The van der Waals surface area contributed by atoms with Gasteiger partial charge in [0.25, 0.3) is 0 Å². The van der Waals surface area contributed by atoms with E-state index in [0.717, 1.165) is 23.2 Å². The molecule has 0 unspecified atom stereocenters. The molecule has 0 amide bonds. The van der Waals surface area contributed by atoms with E-state index in [1.54, 1.807) is 14.2 Å². The van der Waals surface area contributed by atoms with Gasteiger partial charge in [0.15, 0.2) is 0 Å². The summed E-state index contributed by atoms with van der Waals surface area (Å²) < 4.78 is 16.8. The van der Waals surface area contributed by atoms with Crippen molar-refractivity contribution in [3.8, 4) is 22.8 Å². The molecule has 4 heteroatoms. The molecular formula is C21H18O4. The fourth-order valence-corrected chi connectivity index (χ4v) is 2.72. The van der Waals surface area contributed by atoms with Crippen LogP contribution in [-0.4, -0.2) is 20.5 Å². The number of hydrogen-bond acceptors (Lipinski definition) is 4. The van der Waals surface area contributed by atoms with E-state index in [1.807, 2.05) is 60.7 Å². The van der Waals surface area contributed by atoms with Crippen LogP contribution in [0.15, 0.2) is 71.2 Å². The maximum absolute atomic E-state index is 11.2. The lowest BCUT2D eigenvalue weighted by Gasteiger charge is -2.10. The van der Waals surface area contributed by atoms with Crippen molar-refractivity contribution in [2.75, 3.05) is 14.2 Å². The number of allylic oxidation sites excluding steroid dienone is 1. The van der Waals surface area contributed by atoms with Crippen LogP contribution in [0.2, 0.25) is 0 Å². The molecule has 2 aromatic carbocycles. The Morgan fingerprint density at radius 3 is 2.28 bits per heavy atom. The average molecular weight is 334 g/mol. The third-order valence-electron chi connectivity index (χ3n) is 3.88. The molecule has 4 nitrogen and oxygen atoms in total. The van der Waals surface area contributed by atoms with E-state index in [1.165, 1.54) is 6.08 Å². The second-order valence-corrected chi connectivity index (χ2v) is 5.28. The fourth-order valence-electron chi connectivity index (χ4n) is 2.72. The quantitative estimate of drug-likeness (QED) is 0.488. The molecule has 0 radical (unpaired) electrons. The van der Waals surface area contributed by atoms with Gasteiger partial charge in [0.05, 0.1) is 19.8 Å². The summed E-state index contributed by atoms with van der Waals surface area (Å²) in [5, 5.41) is 0. The maximum Gasteiger partial charge on any atom is 0.143 e. The second-order valence-electron chi connectivity index (χ2n) is 5.28. The van der Waals surface area contributed by atoms with Crippen molar-refractivity contribution in [1.82, 2.24) is 0 Å². The van der Waals surface area contributed by atoms with Crippen LogP contribution in [-0.2, 0) is 4.79 Å². The third-order valence-corrected chi connectivity index (χ3v) is 3.88. The number of benzene rings is 2. The van der Waals surface area contributed by atoms with Gasteiger partial charge in [-0.3, -0.25) is 4.79 Å². The van der Waals surface area contributed by atoms with Crippen LogP contribution in [0.4, 0.5) is 0 Å². The molecule has 0 N–H and O–H groups in total. The zero-order valence-corrected chi connectivity index (χ0v) is 14.1. The van der Waals surface area contributed by atoms with E-state index in [4.69, 9.17) is 13.9 Å². The van der Waals surface area contributed by atoms with Crippen molar-refractivity contribution in [2.24, 2.45) is 0 Å². The van der Waals surface area contributed by atoms with Crippen molar-refractivity contribution in [2.45, 2.75) is 0 Å². The number of rotatable bonds is 6. The van der Waals surface area contributed by atoms with E-state index in [0.29, 0.717) is 22.8 Å². The average Bonchev–Trinajstić information content (AvgIpc) is 3.15. The van der Waals surface area contributed by atoms with Crippen molar-refractivity contribution in [3.05, 3.63) is 78.1 Å². The van der Waals surface area contributed by atoms with Crippen LogP contribution in [0, 0.1) is 0 Å². The molecule has 0 aliphatic carbocycles. The molecule has 126 valence electrons. The minimum Gasteiger partial charge on any atom is -0.496 e. The molecule has 0 fully saturated rings. The first kappa shape index (κ1) is 16.6. The number of para-hydroxylation sites is 2. The Bertz CT molecular complexity index is 906. The molecule has 0 atom stereocenters. The second kappa shape index (κ2) is 7.53. The number of methoxy groups -OCH3 is 2. The minimum atomic E-state index is 0.581. The van der Waals surface area contributed by atoms with E-state index in [-0.39, 0.29) is 0 Å². The lowest BCUT2D eigenvalue weighted by molar-refractivity contribution is -0.104. The van der Waals surface area contributed by atoms with Crippen LogP contribution in [0.1, 0.15) is 11.3 Å². The topological polar surface area (TPSA) is 48.7 Å². The number of aldehydes is 1. The predicted octanol–water partition coefficient (Wildman–Crippen LogP) is 4.59. The monoisotopic (exact) mass is 334 g/mol. The standard InChI is InChI=1S/C21H18O4/c1-23-18-9-5-3-7-15(18)16(13-14-22)20-11-12-21(25-20)17-8-4-6-10-19(17)24-2/h3-14H,1-2H3/b16-13+. The molecule has 1 aromatic heterocycles. The Balaban J connectivity index is 2.07. The van der Waals surface area contributed by atoms with Gasteiger partial charge in [0, 0.05) is 11.1 Å². The van der Waals surface area contributed by atoms with Crippen molar-refractivity contribution in [1.29, 1.82) is 0 Å². The van der Waals surface area contributed by atoms with Gasteiger partial charge >= 0.3 is 0 Å². The summed E-state index contributed by atoms with van der Waals surface area (Å²) in [6, 6.07) is 18.8. The van der Waals surface area contributed by atoms with Gasteiger partial charge < -0.3 is 13.9 Å². The zero-order chi connectivity index (χ0) is 17.6. The summed E-state index contributed by atoms with van der Waals surface area (Å²) in [5.41, 5.74) is 2.30. The van der Waals surface area contributed by atoms with Crippen LogP contribution < -0.4 is 9.47 Å². The van der Waals surface area contributed by atoms with Crippen molar-refractivity contribution in [3.63, 3.8) is 0 Å². The predicted molar refractivity (Wildman–Crippen MR) is 96.8 cm³/mol. The number of carbonyl (C=O) groups excluding carboxylic acids is 1. The first-order chi connectivity index (χ1) is 12.3. The molecule has 3 rings (SSSR count). The smallest absolute Gasteiger partial charge is 0.143 e. The van der Waals surface area contributed by atoms with Crippen molar-refractivity contribution >= 4 is 11.9 Å². The Kier molecular flexibility index (Phi) is 5.00. The number of ether oxygens (including phenoxy) is 2. The summed E-state index contributed by atoms with van der Waals surface area (Å²) in [6.07, 6.45) is 2.22. The highest BCUT2D eigenvalue weighted by molar-refractivity contribution is 5.90. The summed E-state index contributed by atoms with van der Waals surface area (Å²) in [6.45, 7) is 0. The summed E-state index contributed by atoms with van der Waals surface area (Å²) >= 11 is 0. The number of carbonyl (C=O) groups is 1. The SMILES string of the molecule is COc1ccccc1/C(=C\C=O)c1ccc(-c2ccccc2OC)o1. The molecule has 0 bridgehead atoms. The summed E-state index contributed by atoms with van der Waals surface area (Å²) in [4.78, 5) is 11.2. The molecule has 0 aliphatic rings. The van der Waals surface area contributed by atoms with Gasteiger partial charge in [-0.05, 0) is 36.4 Å². The van der Waals surface area contributed by atoms with Gasteiger partial charge in [-0.25, -0.2) is 0 Å². The van der Waals surface area contributed by atoms with Gasteiger partial charge in [0.1, 0.15) is 29.3 Å². The van der Waals surface area contributed by atoms with E-state index < -0.39 is 0 Å². The van der Waals surface area contributed by atoms with Gasteiger partial charge in [-0.15, -0.1) is 0 Å². The van der Waals surface area contributed by atoms with Crippen LogP contribution >= 0.6 is 0 Å². The Morgan fingerprint density at radius 2 is 1.56 bits per heavy atom. The van der Waals surface area contributed by atoms with Crippen LogP contribution in [0.3, 0.4) is 0 Å². The minimum absolute atomic E-state index is 0.581. The molecule has 0 saturated carbocycles. The van der Waals surface area contributed by atoms with Crippen LogP contribution in [0.25, 0.3) is 16.9 Å². The fraction of sp³-hybridized carbons (Fsp3) is 0.0952. The Hall–Kier alpha value is -3.27. The molecular weight excluding hydrogens is 316 g/mol. The lowest BCUT2D eigenvalue weighted by Crippen LogP contribution is -1.93. The molecule has 25 heavy (non-hydrogen) atoms. The highest BCUT2D eigenvalue weighted by atomic mass is 16.5. The highest BCUT2D eigenvalue weighted by Crippen LogP contribution is 2.36. The first-order valence-corrected chi connectivity index (χ1v) is 7.81. The summed E-state index contributed by atoms with van der Waals surface area (Å²) in [7, 11) is 3.22. The van der Waals surface area contributed by atoms with E-state index in [2.05, 4.69) is 0 Å². The maximum atomic E-state index is 11.2. The molecule has 0 saturated heterocycles.